The summed E-state index contributed by atoms with van der Waals surface area (Å²) in [6.07, 6.45) is -1.44. The topological polar surface area (TPSA) is 37.0 Å². The van der Waals surface area contributed by atoms with Crippen molar-refractivity contribution < 1.29 is 13.2 Å². The molecule has 3 nitrogen and oxygen atoms in total. The Morgan fingerprint density at radius 1 is 1.33 bits per heavy atom. The second kappa shape index (κ2) is 5.39. The molecule has 1 aromatic heterocycles. The SMILES string of the molecule is FC(F)(F)c1cccc(NCC2=CCNCC2)n1. The first-order chi connectivity index (χ1) is 8.55. The molecule has 0 amide bonds. The average molecular weight is 257 g/mol. The second-order valence-electron chi connectivity index (χ2n) is 4.08. The molecule has 1 aliphatic rings. The number of anilines is 1. The van der Waals surface area contributed by atoms with Crippen LogP contribution in [0.3, 0.4) is 0 Å². The normalized spacial score (nSPS) is 16.3. The van der Waals surface area contributed by atoms with Crippen LogP contribution in [0.4, 0.5) is 19.0 Å². The summed E-state index contributed by atoms with van der Waals surface area (Å²) < 4.78 is 37.4. The van der Waals surface area contributed by atoms with E-state index in [1.54, 1.807) is 0 Å². The Bertz CT molecular complexity index is 440. The van der Waals surface area contributed by atoms with Crippen molar-refractivity contribution in [1.29, 1.82) is 0 Å². The summed E-state index contributed by atoms with van der Waals surface area (Å²) in [5.41, 5.74) is 0.319. The van der Waals surface area contributed by atoms with Gasteiger partial charge in [0.1, 0.15) is 11.5 Å². The van der Waals surface area contributed by atoms with Crippen molar-refractivity contribution in [1.82, 2.24) is 10.3 Å². The van der Waals surface area contributed by atoms with Crippen LogP contribution in [0, 0.1) is 0 Å². The van der Waals surface area contributed by atoms with Crippen LogP contribution in [-0.4, -0.2) is 24.6 Å². The van der Waals surface area contributed by atoms with Crippen LogP contribution >= 0.6 is 0 Å². The summed E-state index contributed by atoms with van der Waals surface area (Å²) in [5, 5.41) is 6.09. The standard InChI is InChI=1S/C12H14F3N3/c13-12(14,15)10-2-1-3-11(18-10)17-8-9-4-6-16-7-5-9/h1-4,16H,5-8H2,(H,17,18). The molecule has 18 heavy (non-hydrogen) atoms. The third-order valence-electron chi connectivity index (χ3n) is 2.69. The molecule has 0 radical (unpaired) electrons. The van der Waals surface area contributed by atoms with Gasteiger partial charge < -0.3 is 10.6 Å². The van der Waals surface area contributed by atoms with E-state index < -0.39 is 11.9 Å². The smallest absolute Gasteiger partial charge is 0.366 e. The maximum absolute atomic E-state index is 12.5. The molecule has 0 saturated heterocycles. The number of rotatable bonds is 3. The number of hydrogen-bond acceptors (Lipinski definition) is 3. The van der Waals surface area contributed by atoms with E-state index in [2.05, 4.69) is 15.6 Å². The second-order valence-corrected chi connectivity index (χ2v) is 4.08. The highest BCUT2D eigenvalue weighted by molar-refractivity contribution is 5.37. The lowest BCUT2D eigenvalue weighted by molar-refractivity contribution is -0.141. The molecule has 2 N–H and O–H groups in total. The van der Waals surface area contributed by atoms with E-state index in [1.807, 2.05) is 6.08 Å². The van der Waals surface area contributed by atoms with E-state index in [-0.39, 0.29) is 5.82 Å². The Kier molecular flexibility index (Phi) is 3.86. The Hall–Kier alpha value is -1.56. The van der Waals surface area contributed by atoms with Crippen molar-refractivity contribution in [2.75, 3.05) is 25.0 Å². The highest BCUT2D eigenvalue weighted by atomic mass is 19.4. The number of pyridine rings is 1. The van der Waals surface area contributed by atoms with Crippen molar-refractivity contribution in [2.24, 2.45) is 0 Å². The van der Waals surface area contributed by atoms with E-state index in [4.69, 9.17) is 0 Å². The van der Waals surface area contributed by atoms with Crippen LogP contribution in [0.5, 0.6) is 0 Å². The quantitative estimate of drug-likeness (QED) is 0.817. The molecular weight excluding hydrogens is 243 g/mol. The van der Waals surface area contributed by atoms with E-state index >= 15 is 0 Å². The third-order valence-corrected chi connectivity index (χ3v) is 2.69. The Balaban J connectivity index is 1.99. The van der Waals surface area contributed by atoms with E-state index in [0.29, 0.717) is 6.54 Å². The first-order valence-electron chi connectivity index (χ1n) is 5.72. The molecule has 0 saturated carbocycles. The Labute approximate surface area is 103 Å². The molecule has 98 valence electrons. The van der Waals surface area contributed by atoms with Crippen molar-refractivity contribution in [3.63, 3.8) is 0 Å². The summed E-state index contributed by atoms with van der Waals surface area (Å²) in [6.45, 7) is 2.26. The van der Waals surface area contributed by atoms with Gasteiger partial charge in [0.05, 0.1) is 0 Å². The molecule has 6 heteroatoms. The summed E-state index contributed by atoms with van der Waals surface area (Å²) in [4.78, 5) is 3.55. The monoisotopic (exact) mass is 257 g/mol. The number of nitrogens with zero attached hydrogens (tertiary/aromatic N) is 1. The van der Waals surface area contributed by atoms with Gasteiger partial charge in [-0.2, -0.15) is 13.2 Å². The molecule has 0 unspecified atom stereocenters. The van der Waals surface area contributed by atoms with Gasteiger partial charge >= 0.3 is 6.18 Å². The minimum absolute atomic E-state index is 0.254. The minimum Gasteiger partial charge on any atom is -0.366 e. The molecule has 2 heterocycles. The van der Waals surface area contributed by atoms with Gasteiger partial charge in [0, 0.05) is 13.1 Å². The largest absolute Gasteiger partial charge is 0.433 e. The number of alkyl halides is 3. The number of nitrogens with one attached hydrogen (secondary N) is 2. The Morgan fingerprint density at radius 3 is 2.83 bits per heavy atom. The summed E-state index contributed by atoms with van der Waals surface area (Å²) >= 11 is 0. The molecule has 1 aliphatic heterocycles. The van der Waals surface area contributed by atoms with Gasteiger partial charge in [-0.1, -0.05) is 17.7 Å². The van der Waals surface area contributed by atoms with E-state index in [1.165, 1.54) is 17.7 Å². The van der Waals surface area contributed by atoms with Gasteiger partial charge in [-0.05, 0) is 25.1 Å². The molecule has 0 aromatic carbocycles. The molecule has 0 fully saturated rings. The minimum atomic E-state index is -4.40. The number of hydrogen-bond donors (Lipinski definition) is 2. The van der Waals surface area contributed by atoms with Crippen molar-refractivity contribution in [2.45, 2.75) is 12.6 Å². The molecule has 0 spiro atoms. The lowest BCUT2D eigenvalue weighted by atomic mass is 10.1. The maximum Gasteiger partial charge on any atom is 0.433 e. The van der Waals surface area contributed by atoms with Crippen LogP contribution in [0.25, 0.3) is 0 Å². The van der Waals surface area contributed by atoms with Gasteiger partial charge in [-0.15, -0.1) is 0 Å². The molecule has 0 bridgehead atoms. The lowest BCUT2D eigenvalue weighted by Gasteiger charge is -2.15. The van der Waals surface area contributed by atoms with Crippen LogP contribution < -0.4 is 10.6 Å². The van der Waals surface area contributed by atoms with Gasteiger partial charge in [0.25, 0.3) is 0 Å². The number of halogens is 3. The predicted molar refractivity (Wildman–Crippen MR) is 63.3 cm³/mol. The Morgan fingerprint density at radius 2 is 2.17 bits per heavy atom. The summed E-state index contributed by atoms with van der Waals surface area (Å²) in [7, 11) is 0. The number of aromatic nitrogens is 1. The fourth-order valence-electron chi connectivity index (χ4n) is 1.73. The highest BCUT2D eigenvalue weighted by Gasteiger charge is 2.32. The first-order valence-corrected chi connectivity index (χ1v) is 5.72. The van der Waals surface area contributed by atoms with E-state index in [9.17, 15) is 13.2 Å². The van der Waals surface area contributed by atoms with Gasteiger partial charge in [0.15, 0.2) is 0 Å². The third kappa shape index (κ3) is 3.46. The van der Waals surface area contributed by atoms with Crippen LogP contribution in [0.1, 0.15) is 12.1 Å². The van der Waals surface area contributed by atoms with Crippen LogP contribution in [0.15, 0.2) is 29.8 Å². The molecule has 1 aromatic rings. The molecule has 0 aliphatic carbocycles. The predicted octanol–water partition coefficient (Wildman–Crippen LogP) is 2.43. The molecule has 2 rings (SSSR count). The van der Waals surface area contributed by atoms with Gasteiger partial charge in [0.2, 0.25) is 0 Å². The fourth-order valence-corrected chi connectivity index (χ4v) is 1.73. The first kappa shape index (κ1) is 12.9. The van der Waals surface area contributed by atoms with Crippen LogP contribution in [0.2, 0.25) is 0 Å². The lowest BCUT2D eigenvalue weighted by Crippen LogP contribution is -2.23. The van der Waals surface area contributed by atoms with E-state index in [0.717, 1.165) is 25.6 Å². The maximum atomic E-state index is 12.5. The molecule has 0 atom stereocenters. The van der Waals surface area contributed by atoms with Gasteiger partial charge in [-0.25, -0.2) is 4.98 Å². The fraction of sp³-hybridized carbons (Fsp3) is 0.417. The van der Waals surface area contributed by atoms with Crippen molar-refractivity contribution in [3.05, 3.63) is 35.5 Å². The van der Waals surface area contributed by atoms with Crippen molar-refractivity contribution in [3.8, 4) is 0 Å². The molecular formula is C12H14F3N3. The highest BCUT2D eigenvalue weighted by Crippen LogP contribution is 2.28. The zero-order chi connectivity index (χ0) is 13.0. The zero-order valence-corrected chi connectivity index (χ0v) is 9.72. The summed E-state index contributed by atoms with van der Waals surface area (Å²) in [5.74, 6) is 0.254. The summed E-state index contributed by atoms with van der Waals surface area (Å²) in [6, 6.07) is 3.86. The van der Waals surface area contributed by atoms with Gasteiger partial charge in [-0.3, -0.25) is 0 Å². The average Bonchev–Trinajstić information content (AvgIpc) is 2.37. The van der Waals surface area contributed by atoms with Crippen LogP contribution in [-0.2, 0) is 6.18 Å². The van der Waals surface area contributed by atoms with Crippen molar-refractivity contribution >= 4 is 5.82 Å². The zero-order valence-electron chi connectivity index (χ0n) is 9.72.